The van der Waals surface area contributed by atoms with Gasteiger partial charge in [0.1, 0.15) is 5.82 Å². The first-order chi connectivity index (χ1) is 10.3. The van der Waals surface area contributed by atoms with Gasteiger partial charge in [-0.3, -0.25) is 4.79 Å². The summed E-state index contributed by atoms with van der Waals surface area (Å²) in [6, 6.07) is 12.0. The zero-order valence-electron chi connectivity index (χ0n) is 13.6. The summed E-state index contributed by atoms with van der Waals surface area (Å²) < 4.78 is 0. The predicted octanol–water partition coefficient (Wildman–Crippen LogP) is 4.34. The van der Waals surface area contributed by atoms with E-state index >= 15 is 0 Å². The van der Waals surface area contributed by atoms with E-state index < -0.39 is 0 Å². The maximum Gasteiger partial charge on any atom is 0.249 e. The maximum absolute atomic E-state index is 11.9. The van der Waals surface area contributed by atoms with Gasteiger partial charge in [-0.25, -0.2) is 4.98 Å². The molecule has 3 nitrogen and oxygen atoms in total. The molecule has 1 amide bonds. The smallest absolute Gasteiger partial charge is 0.249 e. The Hall–Kier alpha value is -2.42. The Labute approximate surface area is 132 Å². The molecule has 1 aromatic carbocycles. The van der Waals surface area contributed by atoms with Crippen LogP contribution in [0.25, 0.3) is 6.08 Å². The zero-order chi connectivity index (χ0) is 16.2. The first-order valence-corrected chi connectivity index (χ1v) is 7.37. The molecular formula is C19H22N2O. The molecule has 1 aromatic heterocycles. The molecule has 0 fully saturated rings. The molecule has 0 saturated heterocycles. The van der Waals surface area contributed by atoms with E-state index in [0.717, 1.165) is 11.1 Å². The van der Waals surface area contributed by atoms with Crippen molar-refractivity contribution in [3.05, 3.63) is 65.4 Å². The standard InChI is InChI=1S/C19H22N2O/c1-14-11-12-20-17(13-14)21-18(22)10-7-15-5-8-16(9-6-15)19(2,3)4/h5-13H,1-4H3,(H,20,21,22). The molecule has 2 aromatic rings. The van der Waals surface area contributed by atoms with E-state index in [2.05, 4.69) is 43.2 Å². The van der Waals surface area contributed by atoms with Crippen molar-refractivity contribution in [2.75, 3.05) is 5.32 Å². The Morgan fingerprint density at radius 3 is 2.41 bits per heavy atom. The Morgan fingerprint density at radius 1 is 1.14 bits per heavy atom. The van der Waals surface area contributed by atoms with E-state index in [9.17, 15) is 4.79 Å². The predicted molar refractivity (Wildman–Crippen MR) is 91.8 cm³/mol. The van der Waals surface area contributed by atoms with Gasteiger partial charge in [-0.1, -0.05) is 45.0 Å². The van der Waals surface area contributed by atoms with Gasteiger partial charge in [0.2, 0.25) is 5.91 Å². The molecule has 114 valence electrons. The summed E-state index contributed by atoms with van der Waals surface area (Å²) in [5.41, 5.74) is 3.47. The second-order valence-electron chi connectivity index (χ2n) is 6.41. The Morgan fingerprint density at radius 2 is 1.82 bits per heavy atom. The minimum atomic E-state index is -0.182. The molecule has 1 heterocycles. The highest BCUT2D eigenvalue weighted by Gasteiger charge is 2.12. The van der Waals surface area contributed by atoms with Crippen LogP contribution in [0.3, 0.4) is 0 Å². The molecule has 2 rings (SSSR count). The lowest BCUT2D eigenvalue weighted by Gasteiger charge is -2.18. The van der Waals surface area contributed by atoms with Crippen molar-refractivity contribution in [1.82, 2.24) is 4.98 Å². The van der Waals surface area contributed by atoms with Crippen LogP contribution in [-0.4, -0.2) is 10.9 Å². The molecule has 1 N–H and O–H groups in total. The minimum absolute atomic E-state index is 0.135. The average molecular weight is 294 g/mol. The highest BCUT2D eigenvalue weighted by Crippen LogP contribution is 2.22. The SMILES string of the molecule is Cc1ccnc(NC(=O)C=Cc2ccc(C(C)(C)C)cc2)c1. The molecule has 22 heavy (non-hydrogen) atoms. The van der Waals surface area contributed by atoms with Crippen molar-refractivity contribution in [1.29, 1.82) is 0 Å². The Kier molecular flexibility index (Phi) is 4.76. The number of pyridine rings is 1. The molecule has 0 aliphatic carbocycles. The quantitative estimate of drug-likeness (QED) is 0.856. The molecule has 0 bridgehead atoms. The number of nitrogens with one attached hydrogen (secondary N) is 1. The van der Waals surface area contributed by atoms with Crippen LogP contribution in [0.15, 0.2) is 48.7 Å². The summed E-state index contributed by atoms with van der Waals surface area (Å²) in [7, 11) is 0. The van der Waals surface area contributed by atoms with Crippen LogP contribution in [0.1, 0.15) is 37.5 Å². The van der Waals surface area contributed by atoms with E-state index in [-0.39, 0.29) is 11.3 Å². The van der Waals surface area contributed by atoms with E-state index in [0.29, 0.717) is 5.82 Å². The van der Waals surface area contributed by atoms with Crippen molar-refractivity contribution >= 4 is 17.8 Å². The van der Waals surface area contributed by atoms with E-state index in [1.807, 2.05) is 31.2 Å². The van der Waals surface area contributed by atoms with Crippen LogP contribution < -0.4 is 5.32 Å². The average Bonchev–Trinajstić information content (AvgIpc) is 2.45. The fourth-order valence-corrected chi connectivity index (χ4v) is 2.04. The third-order valence-corrected chi connectivity index (χ3v) is 3.37. The van der Waals surface area contributed by atoms with Crippen LogP contribution in [0.4, 0.5) is 5.82 Å². The van der Waals surface area contributed by atoms with Gasteiger partial charge in [0.05, 0.1) is 0 Å². The fraction of sp³-hybridized carbons (Fsp3) is 0.263. The number of hydrogen-bond acceptors (Lipinski definition) is 2. The van der Waals surface area contributed by atoms with Gasteiger partial charge in [-0.05, 0) is 47.2 Å². The van der Waals surface area contributed by atoms with Gasteiger partial charge in [-0.15, -0.1) is 0 Å². The molecule has 0 atom stereocenters. The number of aromatic nitrogens is 1. The maximum atomic E-state index is 11.9. The molecule has 0 aliphatic heterocycles. The largest absolute Gasteiger partial charge is 0.307 e. The summed E-state index contributed by atoms with van der Waals surface area (Å²) >= 11 is 0. The summed E-state index contributed by atoms with van der Waals surface area (Å²) in [5, 5.41) is 2.75. The fourth-order valence-electron chi connectivity index (χ4n) is 2.04. The first-order valence-electron chi connectivity index (χ1n) is 7.37. The van der Waals surface area contributed by atoms with E-state index in [4.69, 9.17) is 0 Å². The van der Waals surface area contributed by atoms with Crippen LogP contribution in [-0.2, 0) is 10.2 Å². The van der Waals surface area contributed by atoms with Crippen LogP contribution in [0.5, 0.6) is 0 Å². The number of nitrogens with zero attached hydrogens (tertiary/aromatic N) is 1. The normalized spacial score (nSPS) is 11.6. The van der Waals surface area contributed by atoms with Gasteiger partial charge in [0.25, 0.3) is 0 Å². The topological polar surface area (TPSA) is 42.0 Å². The lowest BCUT2D eigenvalue weighted by atomic mass is 9.87. The highest BCUT2D eigenvalue weighted by molar-refractivity contribution is 6.01. The molecule has 0 saturated carbocycles. The number of anilines is 1. The Balaban J connectivity index is 2.00. The number of rotatable bonds is 3. The van der Waals surface area contributed by atoms with Gasteiger partial charge in [0, 0.05) is 12.3 Å². The van der Waals surface area contributed by atoms with Crippen molar-refractivity contribution in [3.8, 4) is 0 Å². The van der Waals surface area contributed by atoms with Crippen molar-refractivity contribution in [3.63, 3.8) is 0 Å². The van der Waals surface area contributed by atoms with Crippen molar-refractivity contribution in [2.24, 2.45) is 0 Å². The highest BCUT2D eigenvalue weighted by atomic mass is 16.1. The second-order valence-corrected chi connectivity index (χ2v) is 6.41. The number of benzene rings is 1. The number of carbonyl (C=O) groups excluding carboxylic acids is 1. The number of carbonyl (C=O) groups is 1. The third kappa shape index (κ3) is 4.55. The molecule has 0 unspecified atom stereocenters. The molecular weight excluding hydrogens is 272 g/mol. The van der Waals surface area contributed by atoms with Gasteiger partial charge < -0.3 is 5.32 Å². The lowest BCUT2D eigenvalue weighted by molar-refractivity contribution is -0.111. The number of amides is 1. The summed E-state index contributed by atoms with van der Waals surface area (Å²) in [6.07, 6.45) is 5.01. The van der Waals surface area contributed by atoms with Gasteiger partial charge >= 0.3 is 0 Å². The molecule has 3 heteroatoms. The lowest BCUT2D eigenvalue weighted by Crippen LogP contribution is -2.10. The van der Waals surface area contributed by atoms with Crippen LogP contribution in [0, 0.1) is 6.92 Å². The second kappa shape index (κ2) is 6.56. The summed E-state index contributed by atoms with van der Waals surface area (Å²) in [4.78, 5) is 16.0. The first kappa shape index (κ1) is 16.0. The van der Waals surface area contributed by atoms with Crippen molar-refractivity contribution in [2.45, 2.75) is 33.1 Å². The van der Waals surface area contributed by atoms with Crippen LogP contribution >= 0.6 is 0 Å². The number of aryl methyl sites for hydroxylation is 1. The van der Waals surface area contributed by atoms with Gasteiger partial charge in [0.15, 0.2) is 0 Å². The zero-order valence-corrected chi connectivity index (χ0v) is 13.6. The molecule has 0 aliphatic rings. The molecule has 0 spiro atoms. The minimum Gasteiger partial charge on any atom is -0.307 e. The summed E-state index contributed by atoms with van der Waals surface area (Å²) in [6.45, 7) is 8.50. The number of hydrogen-bond donors (Lipinski definition) is 1. The van der Waals surface area contributed by atoms with Gasteiger partial charge in [-0.2, -0.15) is 0 Å². The van der Waals surface area contributed by atoms with Crippen molar-refractivity contribution < 1.29 is 4.79 Å². The third-order valence-electron chi connectivity index (χ3n) is 3.37. The monoisotopic (exact) mass is 294 g/mol. The molecule has 0 radical (unpaired) electrons. The Bertz CT molecular complexity index is 679. The van der Waals surface area contributed by atoms with E-state index in [1.54, 1.807) is 12.3 Å². The summed E-state index contributed by atoms with van der Waals surface area (Å²) in [5.74, 6) is 0.385. The van der Waals surface area contributed by atoms with E-state index in [1.165, 1.54) is 11.6 Å². The van der Waals surface area contributed by atoms with Crippen LogP contribution in [0.2, 0.25) is 0 Å².